The van der Waals surface area contributed by atoms with Gasteiger partial charge in [0.25, 0.3) is 5.91 Å². The van der Waals surface area contributed by atoms with Gasteiger partial charge in [-0.1, -0.05) is 0 Å². The quantitative estimate of drug-likeness (QED) is 0.887. The molecule has 1 N–H and O–H groups in total. The van der Waals surface area contributed by atoms with E-state index in [4.69, 9.17) is 0 Å². The van der Waals surface area contributed by atoms with Crippen molar-refractivity contribution in [2.75, 3.05) is 32.7 Å². The molecule has 2 fully saturated rings. The van der Waals surface area contributed by atoms with Crippen molar-refractivity contribution in [3.8, 4) is 0 Å². The van der Waals surface area contributed by atoms with E-state index in [1.807, 2.05) is 9.80 Å². The first-order valence-corrected chi connectivity index (χ1v) is 9.45. The van der Waals surface area contributed by atoms with Crippen LogP contribution in [0.15, 0.2) is 6.07 Å². The Bertz CT molecular complexity index is 606. The highest BCUT2D eigenvalue weighted by molar-refractivity contribution is 7.14. The van der Waals surface area contributed by atoms with Crippen LogP contribution in [0, 0.1) is 0 Å². The largest absolute Gasteiger partial charge is 0.336 e. The number of hydrogen-bond acceptors (Lipinski definition) is 4. The summed E-state index contributed by atoms with van der Waals surface area (Å²) in [7, 11) is 0. The molecular weight excluding hydrogens is 310 g/mol. The van der Waals surface area contributed by atoms with Crippen molar-refractivity contribution >= 4 is 23.2 Å². The van der Waals surface area contributed by atoms with Crippen LogP contribution in [-0.2, 0) is 17.6 Å². The molecule has 4 rings (SSSR count). The van der Waals surface area contributed by atoms with Gasteiger partial charge >= 0.3 is 0 Å². The van der Waals surface area contributed by atoms with E-state index < -0.39 is 0 Å². The van der Waals surface area contributed by atoms with Crippen molar-refractivity contribution < 1.29 is 9.59 Å². The zero-order chi connectivity index (χ0) is 15.8. The smallest absolute Gasteiger partial charge is 0.264 e. The van der Waals surface area contributed by atoms with E-state index in [-0.39, 0.29) is 17.9 Å². The fourth-order valence-electron chi connectivity index (χ4n) is 3.99. The van der Waals surface area contributed by atoms with E-state index in [0.29, 0.717) is 13.1 Å². The Labute approximate surface area is 140 Å². The fraction of sp³-hybridized carbons (Fsp3) is 0.647. The van der Waals surface area contributed by atoms with Crippen LogP contribution in [0.25, 0.3) is 0 Å². The monoisotopic (exact) mass is 333 g/mol. The second-order valence-electron chi connectivity index (χ2n) is 6.72. The van der Waals surface area contributed by atoms with E-state index in [0.717, 1.165) is 50.2 Å². The number of aryl methyl sites for hydroxylation is 2. The van der Waals surface area contributed by atoms with Crippen LogP contribution in [-0.4, -0.2) is 60.4 Å². The molecule has 0 radical (unpaired) electrons. The van der Waals surface area contributed by atoms with E-state index in [1.165, 1.54) is 16.9 Å². The molecule has 5 nitrogen and oxygen atoms in total. The molecule has 0 aromatic carbocycles. The van der Waals surface area contributed by atoms with Gasteiger partial charge in [-0.2, -0.15) is 0 Å². The minimum Gasteiger partial charge on any atom is -0.336 e. The van der Waals surface area contributed by atoms with Crippen molar-refractivity contribution in [1.82, 2.24) is 15.1 Å². The van der Waals surface area contributed by atoms with Crippen LogP contribution in [0.2, 0.25) is 0 Å². The summed E-state index contributed by atoms with van der Waals surface area (Å²) in [6.45, 7) is 3.56. The lowest BCUT2D eigenvalue weighted by Gasteiger charge is -2.41. The average Bonchev–Trinajstić information content (AvgIpc) is 3.16. The lowest BCUT2D eigenvalue weighted by molar-refractivity contribution is -0.135. The third-order valence-corrected chi connectivity index (χ3v) is 6.43. The fourth-order valence-corrected chi connectivity index (χ4v) is 5.21. The number of piperazine rings is 1. The Balaban J connectivity index is 1.45. The van der Waals surface area contributed by atoms with Gasteiger partial charge in [0.05, 0.1) is 11.4 Å². The lowest BCUT2D eigenvalue weighted by Crippen LogP contribution is -2.57. The SMILES string of the molecule is O=C(c1cc2c(s1)CCC2)N1CCCC(N2CCNCC2=O)C1. The first-order chi connectivity index (χ1) is 11.2. The van der Waals surface area contributed by atoms with E-state index in [9.17, 15) is 9.59 Å². The maximum absolute atomic E-state index is 12.8. The molecule has 2 saturated heterocycles. The molecule has 3 heterocycles. The van der Waals surface area contributed by atoms with Gasteiger partial charge in [-0.3, -0.25) is 9.59 Å². The van der Waals surface area contributed by atoms with Crippen LogP contribution >= 0.6 is 11.3 Å². The topological polar surface area (TPSA) is 52.7 Å². The molecule has 23 heavy (non-hydrogen) atoms. The van der Waals surface area contributed by atoms with Gasteiger partial charge in [0.15, 0.2) is 0 Å². The molecule has 0 saturated carbocycles. The summed E-state index contributed by atoms with van der Waals surface area (Å²) in [5.41, 5.74) is 1.38. The van der Waals surface area contributed by atoms with E-state index in [2.05, 4.69) is 11.4 Å². The van der Waals surface area contributed by atoms with Crippen LogP contribution in [0.1, 0.15) is 39.4 Å². The number of hydrogen-bond donors (Lipinski definition) is 1. The van der Waals surface area contributed by atoms with Gasteiger partial charge in [-0.25, -0.2) is 0 Å². The van der Waals surface area contributed by atoms with Gasteiger partial charge in [-0.05, 0) is 43.7 Å². The number of piperidine rings is 1. The molecule has 3 aliphatic rings. The molecule has 1 atom stereocenters. The van der Waals surface area contributed by atoms with Gasteiger partial charge < -0.3 is 15.1 Å². The van der Waals surface area contributed by atoms with Crippen molar-refractivity contribution in [2.45, 2.75) is 38.1 Å². The third kappa shape index (κ3) is 2.90. The van der Waals surface area contributed by atoms with E-state index >= 15 is 0 Å². The molecule has 1 unspecified atom stereocenters. The van der Waals surface area contributed by atoms with E-state index in [1.54, 1.807) is 11.3 Å². The number of thiophene rings is 1. The highest BCUT2D eigenvalue weighted by Crippen LogP contribution is 2.32. The van der Waals surface area contributed by atoms with Crippen LogP contribution in [0.5, 0.6) is 0 Å². The highest BCUT2D eigenvalue weighted by atomic mass is 32.1. The first-order valence-electron chi connectivity index (χ1n) is 8.63. The number of nitrogens with zero attached hydrogens (tertiary/aromatic N) is 2. The minimum absolute atomic E-state index is 0.164. The predicted molar refractivity (Wildman–Crippen MR) is 89.9 cm³/mol. The highest BCUT2D eigenvalue weighted by Gasteiger charge is 2.32. The van der Waals surface area contributed by atoms with Crippen molar-refractivity contribution in [3.05, 3.63) is 21.4 Å². The summed E-state index contributed by atoms with van der Waals surface area (Å²) in [6, 6.07) is 2.30. The summed E-state index contributed by atoms with van der Waals surface area (Å²) < 4.78 is 0. The Morgan fingerprint density at radius 3 is 3.00 bits per heavy atom. The predicted octanol–water partition coefficient (Wildman–Crippen LogP) is 1.27. The molecule has 2 amide bonds. The Kier molecular flexibility index (Phi) is 4.11. The van der Waals surface area contributed by atoms with Gasteiger partial charge in [-0.15, -0.1) is 11.3 Å². The Hall–Kier alpha value is -1.40. The molecule has 6 heteroatoms. The number of fused-ring (bicyclic) bond motifs is 1. The minimum atomic E-state index is 0.164. The van der Waals surface area contributed by atoms with Gasteiger partial charge in [0.2, 0.25) is 5.91 Å². The molecule has 124 valence electrons. The summed E-state index contributed by atoms with van der Waals surface area (Å²) in [5, 5.41) is 3.12. The number of likely N-dealkylation sites (tertiary alicyclic amines) is 1. The number of carbonyl (C=O) groups is 2. The van der Waals surface area contributed by atoms with Crippen molar-refractivity contribution in [1.29, 1.82) is 0 Å². The second-order valence-corrected chi connectivity index (χ2v) is 7.86. The summed E-state index contributed by atoms with van der Waals surface area (Å²) in [5.74, 6) is 0.335. The maximum Gasteiger partial charge on any atom is 0.264 e. The average molecular weight is 333 g/mol. The zero-order valence-corrected chi connectivity index (χ0v) is 14.2. The van der Waals surface area contributed by atoms with Crippen LogP contribution in [0.3, 0.4) is 0 Å². The number of amides is 2. The Morgan fingerprint density at radius 1 is 1.26 bits per heavy atom. The van der Waals surface area contributed by atoms with Crippen molar-refractivity contribution in [3.63, 3.8) is 0 Å². The molecule has 1 aromatic heterocycles. The standard InChI is InChI=1S/C17H23N3O2S/c21-16-10-18-6-8-20(16)13-4-2-7-19(11-13)17(22)15-9-12-3-1-5-14(12)23-15/h9,13,18H,1-8,10-11H2. The second kappa shape index (κ2) is 6.24. The Morgan fingerprint density at radius 2 is 2.17 bits per heavy atom. The number of carbonyl (C=O) groups excluding carboxylic acids is 2. The normalized spacial score (nSPS) is 24.9. The molecule has 0 spiro atoms. The molecule has 0 bridgehead atoms. The molecule has 2 aliphatic heterocycles. The van der Waals surface area contributed by atoms with Gasteiger partial charge in [0.1, 0.15) is 0 Å². The number of nitrogens with one attached hydrogen (secondary N) is 1. The zero-order valence-electron chi connectivity index (χ0n) is 13.3. The molecule has 1 aromatic rings. The molecule has 1 aliphatic carbocycles. The summed E-state index contributed by atoms with van der Waals surface area (Å²) in [6.07, 6.45) is 5.48. The summed E-state index contributed by atoms with van der Waals surface area (Å²) in [4.78, 5) is 31.2. The molecular formula is C17H23N3O2S. The first kappa shape index (κ1) is 15.1. The van der Waals surface area contributed by atoms with Crippen molar-refractivity contribution in [2.24, 2.45) is 0 Å². The summed E-state index contributed by atoms with van der Waals surface area (Å²) >= 11 is 1.68. The third-order valence-electron chi connectivity index (χ3n) is 5.21. The number of rotatable bonds is 2. The van der Waals surface area contributed by atoms with Crippen LogP contribution in [0.4, 0.5) is 0 Å². The van der Waals surface area contributed by atoms with Gasteiger partial charge in [0, 0.05) is 37.1 Å². The van der Waals surface area contributed by atoms with Crippen LogP contribution < -0.4 is 5.32 Å². The maximum atomic E-state index is 12.8. The lowest BCUT2D eigenvalue weighted by atomic mass is 10.0.